The van der Waals surface area contributed by atoms with Gasteiger partial charge in [-0.05, 0) is 37.0 Å². The summed E-state index contributed by atoms with van der Waals surface area (Å²) in [7, 11) is 0. The van der Waals surface area contributed by atoms with E-state index in [1.807, 2.05) is 12.1 Å². The number of halogens is 1. The van der Waals surface area contributed by atoms with Gasteiger partial charge in [-0.3, -0.25) is 0 Å². The van der Waals surface area contributed by atoms with Gasteiger partial charge in [-0.25, -0.2) is 4.98 Å². The second-order valence-electron chi connectivity index (χ2n) is 6.10. The highest BCUT2D eigenvalue weighted by Crippen LogP contribution is 2.48. The molecule has 1 N–H and O–H groups in total. The van der Waals surface area contributed by atoms with Crippen LogP contribution in [0.25, 0.3) is 5.78 Å². The topological polar surface area (TPSA) is 55.1 Å². The molecule has 4 rings (SSSR count). The van der Waals surface area contributed by atoms with Crippen LogP contribution in [0.2, 0.25) is 5.02 Å². The van der Waals surface area contributed by atoms with Gasteiger partial charge in [0.25, 0.3) is 5.78 Å². The predicted molar refractivity (Wildman–Crippen MR) is 91.0 cm³/mol. The zero-order chi connectivity index (χ0) is 15.9. The van der Waals surface area contributed by atoms with Crippen molar-refractivity contribution in [1.29, 1.82) is 0 Å². The Balaban J connectivity index is 1.59. The number of rotatable bonds is 5. The lowest BCUT2D eigenvalue weighted by atomic mass is 9.96. The number of hydrogen-bond donors (Lipinski definition) is 1. The minimum atomic E-state index is 0.202. The molecule has 0 radical (unpaired) electrons. The zero-order valence-corrected chi connectivity index (χ0v) is 13.7. The fourth-order valence-electron chi connectivity index (χ4n) is 2.95. The van der Waals surface area contributed by atoms with Gasteiger partial charge in [0, 0.05) is 28.7 Å². The molecule has 5 nitrogen and oxygen atoms in total. The number of nitrogens with one attached hydrogen (secondary N) is 1. The van der Waals surface area contributed by atoms with E-state index in [0.29, 0.717) is 5.78 Å². The van der Waals surface area contributed by atoms with Crippen LogP contribution in [0.3, 0.4) is 0 Å². The molecular formula is C17H18ClN5. The van der Waals surface area contributed by atoms with Gasteiger partial charge < -0.3 is 5.32 Å². The van der Waals surface area contributed by atoms with Crippen LogP contribution in [0.5, 0.6) is 0 Å². The van der Waals surface area contributed by atoms with Crippen LogP contribution < -0.4 is 5.32 Å². The summed E-state index contributed by atoms with van der Waals surface area (Å²) in [6.45, 7) is 2.96. The van der Waals surface area contributed by atoms with Crippen LogP contribution in [0, 0.1) is 0 Å². The smallest absolute Gasteiger partial charge is 0.254 e. The molecule has 1 aromatic carbocycles. The first-order valence-electron chi connectivity index (χ1n) is 7.90. The molecule has 0 aliphatic heterocycles. The van der Waals surface area contributed by atoms with Crippen molar-refractivity contribution in [1.82, 2.24) is 19.6 Å². The quantitative estimate of drug-likeness (QED) is 0.779. The maximum Gasteiger partial charge on any atom is 0.254 e. The van der Waals surface area contributed by atoms with Gasteiger partial charge in [0.15, 0.2) is 0 Å². The lowest BCUT2D eigenvalue weighted by Crippen LogP contribution is -2.21. The lowest BCUT2D eigenvalue weighted by molar-refractivity contribution is 0.724. The average molecular weight is 328 g/mol. The number of nitrogens with zero attached hydrogens (tertiary/aromatic N) is 4. The molecular weight excluding hydrogens is 310 g/mol. The monoisotopic (exact) mass is 327 g/mol. The molecule has 1 fully saturated rings. The van der Waals surface area contributed by atoms with Crippen molar-refractivity contribution in [3.05, 3.63) is 52.9 Å². The van der Waals surface area contributed by atoms with Gasteiger partial charge in [0.2, 0.25) is 0 Å². The predicted octanol–water partition coefficient (Wildman–Crippen LogP) is 3.48. The minimum Gasteiger partial charge on any atom is -0.369 e. The summed E-state index contributed by atoms with van der Waals surface area (Å²) in [6, 6.07) is 10.3. The highest BCUT2D eigenvalue weighted by molar-refractivity contribution is 6.30. The molecule has 0 atom stereocenters. The first kappa shape index (κ1) is 14.5. The Morgan fingerprint density at radius 3 is 2.74 bits per heavy atom. The first-order chi connectivity index (χ1) is 11.2. The van der Waals surface area contributed by atoms with Crippen molar-refractivity contribution < 1.29 is 0 Å². The maximum atomic E-state index is 6.00. The van der Waals surface area contributed by atoms with Crippen molar-refractivity contribution in [3.63, 3.8) is 0 Å². The third-order valence-electron chi connectivity index (χ3n) is 4.59. The van der Waals surface area contributed by atoms with Crippen LogP contribution in [-0.2, 0) is 11.8 Å². The van der Waals surface area contributed by atoms with Crippen molar-refractivity contribution in [3.8, 4) is 0 Å². The molecule has 1 aliphatic rings. The Bertz CT molecular complexity index is 836. The van der Waals surface area contributed by atoms with Gasteiger partial charge in [0.1, 0.15) is 12.1 Å². The third-order valence-corrected chi connectivity index (χ3v) is 4.84. The summed E-state index contributed by atoms with van der Waals surface area (Å²) in [5.41, 5.74) is 2.56. The Labute approximate surface area is 139 Å². The van der Waals surface area contributed by atoms with E-state index in [9.17, 15) is 0 Å². The van der Waals surface area contributed by atoms with Gasteiger partial charge in [-0.1, -0.05) is 30.7 Å². The van der Waals surface area contributed by atoms with E-state index in [-0.39, 0.29) is 5.41 Å². The van der Waals surface area contributed by atoms with E-state index >= 15 is 0 Å². The number of hydrogen-bond acceptors (Lipinski definition) is 4. The van der Waals surface area contributed by atoms with E-state index in [0.717, 1.165) is 29.5 Å². The first-order valence-corrected chi connectivity index (χ1v) is 8.27. The van der Waals surface area contributed by atoms with E-state index in [4.69, 9.17) is 11.6 Å². The van der Waals surface area contributed by atoms with E-state index in [1.54, 1.807) is 10.8 Å². The molecule has 118 valence electrons. The zero-order valence-electron chi connectivity index (χ0n) is 13.0. The Kier molecular flexibility index (Phi) is 3.45. The molecule has 1 aliphatic carbocycles. The molecule has 0 saturated heterocycles. The largest absolute Gasteiger partial charge is 0.369 e. The summed E-state index contributed by atoms with van der Waals surface area (Å²) in [4.78, 5) is 8.68. The normalized spacial score (nSPS) is 15.7. The van der Waals surface area contributed by atoms with Crippen molar-refractivity contribution >= 4 is 23.2 Å². The highest BCUT2D eigenvalue weighted by Gasteiger charge is 2.44. The average Bonchev–Trinajstić information content (AvgIpc) is 3.21. The van der Waals surface area contributed by atoms with Crippen molar-refractivity contribution in [2.24, 2.45) is 0 Å². The van der Waals surface area contributed by atoms with Crippen LogP contribution in [-0.4, -0.2) is 26.1 Å². The number of anilines is 1. The second-order valence-corrected chi connectivity index (χ2v) is 6.54. The molecule has 0 amide bonds. The fourth-order valence-corrected chi connectivity index (χ4v) is 3.08. The molecule has 0 bridgehead atoms. The van der Waals surface area contributed by atoms with Crippen LogP contribution in [0.15, 0.2) is 36.7 Å². The Morgan fingerprint density at radius 2 is 2.04 bits per heavy atom. The molecule has 23 heavy (non-hydrogen) atoms. The molecule has 2 heterocycles. The van der Waals surface area contributed by atoms with Crippen molar-refractivity contribution in [2.75, 3.05) is 11.9 Å². The Hall–Kier alpha value is -2.14. The van der Waals surface area contributed by atoms with E-state index < -0.39 is 0 Å². The SMILES string of the molecule is CCc1cc(NCC2(c3ccc(Cl)cc3)CC2)n2ncnc2n1. The molecule has 0 unspecified atom stereocenters. The van der Waals surface area contributed by atoms with E-state index in [2.05, 4.69) is 45.5 Å². The standard InChI is InChI=1S/C17H18ClN5/c1-2-14-9-15(23-16(22-14)20-11-21-23)19-10-17(7-8-17)12-3-5-13(18)6-4-12/h3-6,9,11,19H,2,7-8,10H2,1H3. The number of aromatic nitrogens is 4. The summed E-state index contributed by atoms with van der Waals surface area (Å²) < 4.78 is 1.76. The van der Waals surface area contributed by atoms with Crippen molar-refractivity contribution in [2.45, 2.75) is 31.6 Å². The number of fused-ring (bicyclic) bond motifs is 1. The second kappa shape index (κ2) is 5.49. The number of benzene rings is 1. The van der Waals surface area contributed by atoms with Gasteiger partial charge in [-0.15, -0.1) is 0 Å². The van der Waals surface area contributed by atoms with Gasteiger partial charge in [-0.2, -0.15) is 14.6 Å². The van der Waals surface area contributed by atoms with Crippen LogP contribution in [0.1, 0.15) is 31.0 Å². The number of aryl methyl sites for hydroxylation is 1. The summed E-state index contributed by atoms with van der Waals surface area (Å²) in [6.07, 6.45) is 4.79. The summed E-state index contributed by atoms with van der Waals surface area (Å²) >= 11 is 6.00. The summed E-state index contributed by atoms with van der Waals surface area (Å²) in [5, 5.41) is 8.60. The molecule has 6 heteroatoms. The molecule has 0 spiro atoms. The van der Waals surface area contributed by atoms with Gasteiger partial charge in [0.05, 0.1) is 0 Å². The highest BCUT2D eigenvalue weighted by atomic mass is 35.5. The summed E-state index contributed by atoms with van der Waals surface area (Å²) in [5.74, 6) is 1.59. The lowest BCUT2D eigenvalue weighted by Gasteiger charge is -2.18. The minimum absolute atomic E-state index is 0.202. The molecule has 2 aromatic heterocycles. The molecule has 3 aromatic rings. The van der Waals surface area contributed by atoms with Gasteiger partial charge >= 0.3 is 0 Å². The fraction of sp³-hybridized carbons (Fsp3) is 0.353. The van der Waals surface area contributed by atoms with Crippen LogP contribution in [0.4, 0.5) is 5.82 Å². The third kappa shape index (κ3) is 2.65. The Morgan fingerprint density at radius 1 is 1.26 bits per heavy atom. The molecule has 1 saturated carbocycles. The van der Waals surface area contributed by atoms with E-state index in [1.165, 1.54) is 18.4 Å². The van der Waals surface area contributed by atoms with Crippen LogP contribution >= 0.6 is 11.6 Å². The maximum absolute atomic E-state index is 6.00.